The third kappa shape index (κ3) is 4.26. The number of amides is 1. The van der Waals surface area contributed by atoms with Gasteiger partial charge in [-0.2, -0.15) is 0 Å². The van der Waals surface area contributed by atoms with E-state index in [2.05, 4.69) is 48.0 Å². The average Bonchev–Trinajstić information content (AvgIpc) is 2.85. The standard InChI is InChI=1S/C26H24ClN5O/c1-17-14-21-22(15-18(17)2)30-25(24(29-21)19-6-4-3-5-7-19)31-10-12-32(13-11-31)26(33)20-8-9-23(27)28-16-20/h3-9,14-16H,10-13H2,1-2H3. The molecule has 0 radical (unpaired) electrons. The first kappa shape index (κ1) is 21.3. The van der Waals surface area contributed by atoms with E-state index in [9.17, 15) is 4.79 Å². The number of fused-ring (bicyclic) bond motifs is 1. The number of aromatic nitrogens is 3. The second-order valence-corrected chi connectivity index (χ2v) is 8.72. The quantitative estimate of drug-likeness (QED) is 0.408. The van der Waals surface area contributed by atoms with E-state index in [-0.39, 0.29) is 5.91 Å². The van der Waals surface area contributed by atoms with Gasteiger partial charge < -0.3 is 9.80 Å². The summed E-state index contributed by atoms with van der Waals surface area (Å²) in [7, 11) is 0. The van der Waals surface area contributed by atoms with Crippen LogP contribution in [0.1, 0.15) is 21.5 Å². The Balaban J connectivity index is 1.46. The Bertz CT molecular complexity index is 1320. The van der Waals surface area contributed by atoms with Crippen molar-refractivity contribution in [2.45, 2.75) is 13.8 Å². The van der Waals surface area contributed by atoms with E-state index in [1.54, 1.807) is 12.1 Å². The first-order chi connectivity index (χ1) is 16.0. The molecule has 1 aliphatic rings. The fraction of sp³-hybridized carbons (Fsp3) is 0.231. The van der Waals surface area contributed by atoms with Gasteiger partial charge in [-0.1, -0.05) is 41.9 Å². The number of halogens is 1. The third-order valence-corrected chi connectivity index (χ3v) is 6.37. The highest BCUT2D eigenvalue weighted by molar-refractivity contribution is 6.29. The Hall–Kier alpha value is -3.51. The molecule has 33 heavy (non-hydrogen) atoms. The Labute approximate surface area is 197 Å². The van der Waals surface area contributed by atoms with Gasteiger partial charge in [0.2, 0.25) is 0 Å². The predicted molar refractivity (Wildman–Crippen MR) is 132 cm³/mol. The Morgan fingerprint density at radius 2 is 1.55 bits per heavy atom. The van der Waals surface area contributed by atoms with Crippen LogP contribution in [-0.4, -0.2) is 51.9 Å². The zero-order valence-corrected chi connectivity index (χ0v) is 19.4. The second-order valence-electron chi connectivity index (χ2n) is 8.34. The molecule has 0 unspecified atom stereocenters. The number of aryl methyl sites for hydroxylation is 2. The molecule has 0 saturated carbocycles. The molecule has 1 aliphatic heterocycles. The summed E-state index contributed by atoms with van der Waals surface area (Å²) in [6, 6.07) is 17.7. The van der Waals surface area contributed by atoms with E-state index in [4.69, 9.17) is 21.6 Å². The Morgan fingerprint density at radius 1 is 0.879 bits per heavy atom. The van der Waals surface area contributed by atoms with Crippen molar-refractivity contribution in [2.75, 3.05) is 31.1 Å². The van der Waals surface area contributed by atoms with Crippen LogP contribution in [0.25, 0.3) is 22.3 Å². The molecule has 0 bridgehead atoms. The third-order valence-electron chi connectivity index (χ3n) is 6.15. The van der Waals surface area contributed by atoms with Crippen molar-refractivity contribution in [3.63, 3.8) is 0 Å². The van der Waals surface area contributed by atoms with Crippen LogP contribution in [0, 0.1) is 13.8 Å². The molecule has 0 N–H and O–H groups in total. The number of pyridine rings is 1. The van der Waals surface area contributed by atoms with Crippen LogP contribution in [0.5, 0.6) is 0 Å². The minimum absolute atomic E-state index is 0.0298. The largest absolute Gasteiger partial charge is 0.351 e. The molecule has 0 atom stereocenters. The zero-order chi connectivity index (χ0) is 22.9. The summed E-state index contributed by atoms with van der Waals surface area (Å²) in [6.07, 6.45) is 1.53. The lowest BCUT2D eigenvalue weighted by Gasteiger charge is -2.36. The minimum atomic E-state index is -0.0298. The van der Waals surface area contributed by atoms with Crippen LogP contribution >= 0.6 is 11.6 Å². The number of rotatable bonds is 3. The number of carbonyl (C=O) groups excluding carboxylic acids is 1. The predicted octanol–water partition coefficient (Wildman–Crippen LogP) is 4.92. The highest BCUT2D eigenvalue weighted by Gasteiger charge is 2.26. The molecule has 1 saturated heterocycles. The molecule has 3 heterocycles. The molecule has 2 aromatic heterocycles. The molecule has 166 valence electrons. The average molecular weight is 458 g/mol. The number of benzene rings is 2. The van der Waals surface area contributed by atoms with E-state index in [1.807, 2.05) is 23.1 Å². The molecule has 1 fully saturated rings. The number of hydrogen-bond donors (Lipinski definition) is 0. The second kappa shape index (κ2) is 8.79. The van der Waals surface area contributed by atoms with Crippen LogP contribution in [0.2, 0.25) is 5.15 Å². The molecular formula is C26H24ClN5O. The van der Waals surface area contributed by atoms with Crippen LogP contribution < -0.4 is 4.90 Å². The summed E-state index contributed by atoms with van der Waals surface area (Å²) in [5.41, 5.74) is 6.63. The summed E-state index contributed by atoms with van der Waals surface area (Å²) in [5, 5.41) is 0.380. The van der Waals surface area contributed by atoms with Gasteiger partial charge in [0.05, 0.1) is 16.6 Å². The van der Waals surface area contributed by atoms with Crippen molar-refractivity contribution >= 4 is 34.4 Å². The normalized spacial score (nSPS) is 14.0. The maximum atomic E-state index is 12.9. The Morgan fingerprint density at radius 3 is 2.18 bits per heavy atom. The van der Waals surface area contributed by atoms with Crippen molar-refractivity contribution in [1.29, 1.82) is 0 Å². The molecule has 6 nitrogen and oxygen atoms in total. The van der Waals surface area contributed by atoms with Gasteiger partial charge in [0.15, 0.2) is 5.82 Å². The SMILES string of the molecule is Cc1cc2nc(-c3ccccc3)c(N3CCN(C(=O)c4ccc(Cl)nc4)CC3)nc2cc1C. The molecule has 7 heteroatoms. The van der Waals surface area contributed by atoms with E-state index in [0.29, 0.717) is 36.9 Å². The van der Waals surface area contributed by atoms with Crippen molar-refractivity contribution in [3.8, 4) is 11.3 Å². The molecule has 4 aromatic rings. The first-order valence-corrected chi connectivity index (χ1v) is 11.4. The smallest absolute Gasteiger partial charge is 0.255 e. The number of carbonyl (C=O) groups is 1. The summed E-state index contributed by atoms with van der Waals surface area (Å²) in [6.45, 7) is 6.75. The molecule has 1 amide bonds. The van der Waals surface area contributed by atoms with Crippen molar-refractivity contribution in [2.24, 2.45) is 0 Å². The van der Waals surface area contributed by atoms with Crippen molar-refractivity contribution in [3.05, 3.63) is 82.6 Å². The zero-order valence-electron chi connectivity index (χ0n) is 18.6. The van der Waals surface area contributed by atoms with Crippen LogP contribution in [-0.2, 0) is 0 Å². The van der Waals surface area contributed by atoms with Crippen LogP contribution in [0.4, 0.5) is 5.82 Å². The minimum Gasteiger partial charge on any atom is -0.351 e. The van der Waals surface area contributed by atoms with E-state index >= 15 is 0 Å². The summed E-state index contributed by atoms with van der Waals surface area (Å²) < 4.78 is 0. The lowest BCUT2D eigenvalue weighted by Crippen LogP contribution is -2.49. The fourth-order valence-corrected chi connectivity index (χ4v) is 4.23. The maximum absolute atomic E-state index is 12.9. The van der Waals surface area contributed by atoms with Crippen LogP contribution in [0.3, 0.4) is 0 Å². The van der Waals surface area contributed by atoms with Gasteiger partial charge in [0.25, 0.3) is 5.91 Å². The Kier molecular flexibility index (Phi) is 5.68. The summed E-state index contributed by atoms with van der Waals surface area (Å²) in [4.78, 5) is 31.1. The topological polar surface area (TPSA) is 62.2 Å². The molecule has 0 spiro atoms. The lowest BCUT2D eigenvalue weighted by molar-refractivity contribution is 0.0746. The highest BCUT2D eigenvalue weighted by Crippen LogP contribution is 2.31. The van der Waals surface area contributed by atoms with Crippen molar-refractivity contribution < 1.29 is 4.79 Å². The molecule has 5 rings (SSSR count). The number of anilines is 1. The molecule has 2 aromatic carbocycles. The van der Waals surface area contributed by atoms with Crippen molar-refractivity contribution in [1.82, 2.24) is 19.9 Å². The van der Waals surface area contributed by atoms with Gasteiger partial charge in [-0.3, -0.25) is 4.79 Å². The summed E-state index contributed by atoms with van der Waals surface area (Å²) in [5.74, 6) is 0.829. The molecular weight excluding hydrogens is 434 g/mol. The number of nitrogens with zero attached hydrogens (tertiary/aromatic N) is 5. The van der Waals surface area contributed by atoms with E-state index < -0.39 is 0 Å². The van der Waals surface area contributed by atoms with Gasteiger partial charge in [-0.25, -0.2) is 15.0 Å². The van der Waals surface area contributed by atoms with Gasteiger partial charge in [0.1, 0.15) is 10.8 Å². The van der Waals surface area contributed by atoms with E-state index in [0.717, 1.165) is 28.1 Å². The monoisotopic (exact) mass is 457 g/mol. The highest BCUT2D eigenvalue weighted by atomic mass is 35.5. The van der Waals surface area contributed by atoms with Gasteiger partial charge in [0, 0.05) is 37.9 Å². The van der Waals surface area contributed by atoms with E-state index in [1.165, 1.54) is 17.3 Å². The van der Waals surface area contributed by atoms with Gasteiger partial charge >= 0.3 is 0 Å². The lowest BCUT2D eigenvalue weighted by atomic mass is 10.1. The number of hydrogen-bond acceptors (Lipinski definition) is 5. The number of piperazine rings is 1. The first-order valence-electron chi connectivity index (χ1n) is 11.0. The fourth-order valence-electron chi connectivity index (χ4n) is 4.12. The maximum Gasteiger partial charge on any atom is 0.255 e. The van der Waals surface area contributed by atoms with Gasteiger partial charge in [-0.15, -0.1) is 0 Å². The molecule has 0 aliphatic carbocycles. The van der Waals surface area contributed by atoms with Crippen LogP contribution in [0.15, 0.2) is 60.8 Å². The van der Waals surface area contributed by atoms with Gasteiger partial charge in [-0.05, 0) is 49.2 Å². The summed E-state index contributed by atoms with van der Waals surface area (Å²) >= 11 is 5.86.